The molecule has 11 heavy (non-hydrogen) atoms. The van der Waals surface area contributed by atoms with E-state index in [1.807, 2.05) is 0 Å². The Morgan fingerprint density at radius 2 is 2.00 bits per heavy atom. The first-order valence-corrected chi connectivity index (χ1v) is 3.10. The smallest absolute Gasteiger partial charge is 0.120 e. The third-order valence-corrected chi connectivity index (χ3v) is 1.30. The second-order valence-electron chi connectivity index (χ2n) is 2.14. The summed E-state index contributed by atoms with van der Waals surface area (Å²) in [5.41, 5.74) is 0.407. The van der Waals surface area contributed by atoms with Gasteiger partial charge < -0.3 is 15.5 Å². The van der Waals surface area contributed by atoms with E-state index in [-0.39, 0.29) is 17.5 Å². The Morgan fingerprint density at radius 3 is 2.55 bits per heavy atom. The Labute approximate surface area is 63.8 Å². The molecule has 0 aliphatic carbocycles. The van der Waals surface area contributed by atoms with Crippen LogP contribution >= 0.6 is 0 Å². The molecule has 0 aromatic heterocycles. The molecular formula is C7H8NO3-. The quantitative estimate of drug-likeness (QED) is 0.625. The molecule has 0 aliphatic heterocycles. The van der Waals surface area contributed by atoms with E-state index in [4.69, 9.17) is 10.3 Å². The predicted octanol–water partition coefficient (Wildman–Crippen LogP) is 1.08. The van der Waals surface area contributed by atoms with E-state index in [1.54, 1.807) is 18.2 Å². The van der Waals surface area contributed by atoms with Gasteiger partial charge in [-0.2, -0.15) is 0 Å². The van der Waals surface area contributed by atoms with Crippen LogP contribution in [0.1, 0.15) is 5.56 Å². The van der Waals surface area contributed by atoms with Crippen molar-refractivity contribution < 1.29 is 10.3 Å². The minimum absolute atomic E-state index is 0.0161. The summed E-state index contributed by atoms with van der Waals surface area (Å²) in [6, 6.07) is 6.35. The highest BCUT2D eigenvalue weighted by Gasteiger charge is 1.97. The number of benzene rings is 1. The van der Waals surface area contributed by atoms with Crippen molar-refractivity contribution in [3.05, 3.63) is 35.0 Å². The topological polar surface area (TPSA) is 66.8 Å². The lowest BCUT2D eigenvalue weighted by molar-refractivity contribution is -0.0492. The number of aromatic hydroxyl groups is 1. The molecule has 0 bridgehead atoms. The molecule has 0 fully saturated rings. The molecule has 4 nitrogen and oxygen atoms in total. The Morgan fingerprint density at radius 1 is 1.36 bits per heavy atom. The second-order valence-corrected chi connectivity index (χ2v) is 2.14. The average molecular weight is 154 g/mol. The van der Waals surface area contributed by atoms with Crippen LogP contribution in [-0.2, 0) is 6.54 Å². The van der Waals surface area contributed by atoms with Crippen LogP contribution in [0.25, 0.3) is 0 Å². The molecule has 1 aromatic carbocycles. The second kappa shape index (κ2) is 3.34. The van der Waals surface area contributed by atoms with Crippen molar-refractivity contribution in [3.63, 3.8) is 0 Å². The van der Waals surface area contributed by atoms with Crippen LogP contribution in [-0.4, -0.2) is 15.5 Å². The summed E-state index contributed by atoms with van der Waals surface area (Å²) < 4.78 is 0. The van der Waals surface area contributed by atoms with Crippen LogP contribution in [0.15, 0.2) is 24.3 Å². The molecule has 0 saturated heterocycles. The van der Waals surface area contributed by atoms with Gasteiger partial charge in [0.05, 0.1) is 0 Å². The number of phenols is 1. The zero-order valence-corrected chi connectivity index (χ0v) is 5.77. The molecule has 1 rings (SSSR count). The van der Waals surface area contributed by atoms with Crippen LogP contribution in [0.2, 0.25) is 0 Å². The maximum absolute atomic E-state index is 10.1. The number of nitrogens with zero attached hydrogens (tertiary/aromatic N) is 1. The summed E-state index contributed by atoms with van der Waals surface area (Å²) in [5, 5.41) is 27.3. The largest absolute Gasteiger partial charge is 0.762 e. The van der Waals surface area contributed by atoms with Crippen molar-refractivity contribution in [2.75, 3.05) is 0 Å². The van der Waals surface area contributed by atoms with E-state index in [0.717, 1.165) is 0 Å². The molecule has 2 N–H and O–H groups in total. The van der Waals surface area contributed by atoms with Crippen LogP contribution in [0, 0.1) is 5.21 Å². The third-order valence-electron chi connectivity index (χ3n) is 1.30. The van der Waals surface area contributed by atoms with Gasteiger partial charge in [-0.15, -0.1) is 0 Å². The first-order valence-electron chi connectivity index (χ1n) is 3.10. The van der Waals surface area contributed by atoms with E-state index >= 15 is 0 Å². The Bertz CT molecular complexity index is 237. The van der Waals surface area contributed by atoms with Crippen molar-refractivity contribution in [2.45, 2.75) is 6.54 Å². The summed E-state index contributed by atoms with van der Waals surface area (Å²) >= 11 is 0. The maximum atomic E-state index is 10.1. The summed E-state index contributed by atoms with van der Waals surface area (Å²) in [6.07, 6.45) is 0. The minimum atomic E-state index is -0.227. The number of para-hydroxylation sites is 1. The van der Waals surface area contributed by atoms with Gasteiger partial charge in [0.15, 0.2) is 0 Å². The summed E-state index contributed by atoms with van der Waals surface area (Å²) in [4.78, 5) is 0. The highest BCUT2D eigenvalue weighted by Crippen LogP contribution is 2.16. The fourth-order valence-electron chi connectivity index (χ4n) is 0.790. The molecule has 0 radical (unpaired) electrons. The van der Waals surface area contributed by atoms with Gasteiger partial charge in [-0.3, -0.25) is 5.23 Å². The standard InChI is InChI=1S/C7H8NO3/c9-7-4-2-1-3-6(7)5-8(10)11/h1-4,9-10H,5H2/q-1. The highest BCUT2D eigenvalue weighted by atomic mass is 16.8. The number of hydrogen-bond donors (Lipinski definition) is 2. The van der Waals surface area contributed by atoms with Crippen molar-refractivity contribution in [2.24, 2.45) is 0 Å². The Kier molecular flexibility index (Phi) is 2.43. The molecular weight excluding hydrogens is 146 g/mol. The summed E-state index contributed by atoms with van der Waals surface area (Å²) in [7, 11) is 0. The average Bonchev–Trinajstić information content (AvgIpc) is 1.93. The van der Waals surface area contributed by atoms with Crippen molar-refractivity contribution in [1.82, 2.24) is 5.23 Å². The van der Waals surface area contributed by atoms with E-state index in [1.165, 1.54) is 6.07 Å². The lowest BCUT2D eigenvalue weighted by Crippen LogP contribution is -2.09. The maximum Gasteiger partial charge on any atom is 0.120 e. The van der Waals surface area contributed by atoms with Gasteiger partial charge in [0.25, 0.3) is 0 Å². The number of hydroxylamine groups is 2. The molecule has 0 amide bonds. The van der Waals surface area contributed by atoms with Gasteiger partial charge >= 0.3 is 0 Å². The third kappa shape index (κ3) is 2.19. The summed E-state index contributed by atoms with van der Waals surface area (Å²) in [6.45, 7) is -0.216. The normalized spacial score (nSPS) is 10.5. The van der Waals surface area contributed by atoms with Gasteiger partial charge in [-0.25, -0.2) is 0 Å². The molecule has 0 heterocycles. The molecule has 4 heteroatoms. The first kappa shape index (κ1) is 8.00. The lowest BCUT2D eigenvalue weighted by atomic mass is 10.2. The van der Waals surface area contributed by atoms with E-state index < -0.39 is 0 Å². The SMILES string of the molecule is [O-]N(O)Cc1ccccc1O. The van der Waals surface area contributed by atoms with Crippen LogP contribution < -0.4 is 0 Å². The zero-order valence-electron chi connectivity index (χ0n) is 5.77. The first-order chi connectivity index (χ1) is 5.20. The van der Waals surface area contributed by atoms with Crippen molar-refractivity contribution in [1.29, 1.82) is 0 Å². The number of phenolic OH excluding ortho intramolecular Hbond substituents is 1. The molecule has 1 aromatic rings. The zero-order chi connectivity index (χ0) is 8.27. The van der Waals surface area contributed by atoms with E-state index in [2.05, 4.69) is 0 Å². The highest BCUT2D eigenvalue weighted by molar-refractivity contribution is 5.31. The van der Waals surface area contributed by atoms with E-state index in [0.29, 0.717) is 5.56 Å². The molecule has 0 aliphatic rings. The summed E-state index contributed by atoms with van der Waals surface area (Å²) in [5.74, 6) is 0.0161. The molecule has 0 unspecified atom stereocenters. The Balaban J connectivity index is 2.78. The fourth-order valence-corrected chi connectivity index (χ4v) is 0.790. The lowest BCUT2D eigenvalue weighted by Gasteiger charge is -2.19. The minimum Gasteiger partial charge on any atom is -0.762 e. The van der Waals surface area contributed by atoms with Crippen LogP contribution in [0.5, 0.6) is 5.75 Å². The van der Waals surface area contributed by atoms with Gasteiger partial charge in [0.1, 0.15) is 5.75 Å². The van der Waals surface area contributed by atoms with Crippen molar-refractivity contribution >= 4 is 0 Å². The van der Waals surface area contributed by atoms with Gasteiger partial charge in [-0.05, 0) is 6.07 Å². The molecule has 0 spiro atoms. The van der Waals surface area contributed by atoms with Gasteiger partial charge in [0, 0.05) is 12.1 Å². The van der Waals surface area contributed by atoms with Crippen LogP contribution in [0.4, 0.5) is 0 Å². The van der Waals surface area contributed by atoms with E-state index in [9.17, 15) is 5.21 Å². The molecule has 0 atom stereocenters. The monoisotopic (exact) mass is 154 g/mol. The van der Waals surface area contributed by atoms with Crippen molar-refractivity contribution in [3.8, 4) is 5.75 Å². The number of rotatable bonds is 2. The number of hydrogen-bond acceptors (Lipinski definition) is 4. The molecule has 0 saturated carbocycles. The van der Waals surface area contributed by atoms with Gasteiger partial charge in [-0.1, -0.05) is 18.2 Å². The van der Waals surface area contributed by atoms with Crippen LogP contribution in [0.3, 0.4) is 0 Å². The predicted molar refractivity (Wildman–Crippen MR) is 38.8 cm³/mol. The molecule has 60 valence electrons. The van der Waals surface area contributed by atoms with Gasteiger partial charge in [0.2, 0.25) is 0 Å². The fraction of sp³-hybridized carbons (Fsp3) is 0.143. The Hall–Kier alpha value is -1.10.